The van der Waals surface area contributed by atoms with E-state index in [0.29, 0.717) is 0 Å². The van der Waals surface area contributed by atoms with Crippen molar-refractivity contribution >= 4 is 5.82 Å². The normalized spacial score (nSPS) is 19.6. The highest BCUT2D eigenvalue weighted by atomic mass is 16.5. The summed E-state index contributed by atoms with van der Waals surface area (Å²) >= 11 is 0. The number of pyridine rings is 1. The van der Waals surface area contributed by atoms with Crippen LogP contribution in [0, 0.1) is 13.8 Å². The van der Waals surface area contributed by atoms with Gasteiger partial charge in [-0.25, -0.2) is 4.98 Å². The molecule has 4 heteroatoms. The highest BCUT2D eigenvalue weighted by Crippen LogP contribution is 2.24. The minimum Gasteiger partial charge on any atom is -0.377 e. The summed E-state index contributed by atoms with van der Waals surface area (Å²) in [6.45, 7) is 13.4. The fraction of sp³-hybridized carbons (Fsp3) is 0.706. The van der Waals surface area contributed by atoms with Crippen LogP contribution in [0.3, 0.4) is 0 Å². The van der Waals surface area contributed by atoms with Gasteiger partial charge in [-0.1, -0.05) is 6.92 Å². The van der Waals surface area contributed by atoms with Gasteiger partial charge < -0.3 is 15.0 Å². The van der Waals surface area contributed by atoms with E-state index in [1.165, 1.54) is 11.1 Å². The Balaban J connectivity index is 2.26. The molecule has 2 heterocycles. The summed E-state index contributed by atoms with van der Waals surface area (Å²) in [7, 11) is 0. The maximum absolute atomic E-state index is 5.77. The van der Waals surface area contributed by atoms with Crippen molar-refractivity contribution in [1.82, 2.24) is 10.3 Å². The summed E-state index contributed by atoms with van der Waals surface area (Å²) in [5.74, 6) is 1.15. The molecule has 1 N–H and O–H groups in total. The van der Waals surface area contributed by atoms with E-state index in [0.717, 1.165) is 57.1 Å². The van der Waals surface area contributed by atoms with E-state index >= 15 is 0 Å². The molecule has 0 aromatic carbocycles. The van der Waals surface area contributed by atoms with E-state index in [4.69, 9.17) is 9.72 Å². The third-order valence-electron chi connectivity index (χ3n) is 3.93. The third-order valence-corrected chi connectivity index (χ3v) is 3.93. The number of anilines is 1. The van der Waals surface area contributed by atoms with Crippen molar-refractivity contribution in [3.63, 3.8) is 0 Å². The van der Waals surface area contributed by atoms with Crippen LogP contribution in [0.25, 0.3) is 0 Å². The second kappa shape index (κ2) is 7.76. The zero-order valence-corrected chi connectivity index (χ0v) is 13.9. The van der Waals surface area contributed by atoms with Crippen LogP contribution in [0.4, 0.5) is 5.82 Å². The Kier molecular flexibility index (Phi) is 6.00. The fourth-order valence-corrected chi connectivity index (χ4v) is 2.90. The molecular formula is C17H29N3O. The lowest BCUT2D eigenvalue weighted by molar-refractivity contribution is 0.0820. The quantitative estimate of drug-likeness (QED) is 0.847. The number of rotatable bonds is 5. The SMILES string of the molecule is CCCNCc1c(C)cc(C)nc1N1CCCOC(C)C1. The average Bonchev–Trinajstić information content (AvgIpc) is 2.65. The van der Waals surface area contributed by atoms with Gasteiger partial charge in [0.15, 0.2) is 0 Å². The molecule has 2 rings (SSSR count). The van der Waals surface area contributed by atoms with E-state index in [-0.39, 0.29) is 6.10 Å². The maximum atomic E-state index is 5.77. The topological polar surface area (TPSA) is 37.4 Å². The molecular weight excluding hydrogens is 262 g/mol. The van der Waals surface area contributed by atoms with Gasteiger partial charge >= 0.3 is 0 Å². The number of hydrogen-bond acceptors (Lipinski definition) is 4. The van der Waals surface area contributed by atoms with E-state index in [2.05, 4.69) is 44.0 Å². The molecule has 0 saturated carbocycles. The summed E-state index contributed by atoms with van der Waals surface area (Å²) in [6.07, 6.45) is 2.50. The lowest BCUT2D eigenvalue weighted by Gasteiger charge is -2.27. The van der Waals surface area contributed by atoms with E-state index in [9.17, 15) is 0 Å². The van der Waals surface area contributed by atoms with Crippen LogP contribution in [-0.4, -0.2) is 37.3 Å². The molecule has 1 aromatic rings. The van der Waals surface area contributed by atoms with Gasteiger partial charge in [0.05, 0.1) is 6.10 Å². The minimum absolute atomic E-state index is 0.270. The molecule has 0 bridgehead atoms. The fourth-order valence-electron chi connectivity index (χ4n) is 2.90. The Hall–Kier alpha value is -1.13. The third kappa shape index (κ3) is 4.42. The predicted molar refractivity (Wildman–Crippen MR) is 88.0 cm³/mol. The van der Waals surface area contributed by atoms with Gasteiger partial charge in [-0.3, -0.25) is 0 Å². The van der Waals surface area contributed by atoms with E-state index < -0.39 is 0 Å². The maximum Gasteiger partial charge on any atom is 0.133 e. The first-order chi connectivity index (χ1) is 10.1. The Labute approximate surface area is 128 Å². The highest BCUT2D eigenvalue weighted by Gasteiger charge is 2.20. The Morgan fingerprint density at radius 3 is 3.00 bits per heavy atom. The van der Waals surface area contributed by atoms with Crippen molar-refractivity contribution in [1.29, 1.82) is 0 Å². The summed E-state index contributed by atoms with van der Waals surface area (Å²) in [5, 5.41) is 3.52. The lowest BCUT2D eigenvalue weighted by Crippen LogP contribution is -2.32. The molecule has 118 valence electrons. The Bertz CT molecular complexity index is 462. The van der Waals surface area contributed by atoms with Crippen molar-refractivity contribution in [2.75, 3.05) is 31.1 Å². The summed E-state index contributed by atoms with van der Waals surface area (Å²) in [6, 6.07) is 2.18. The molecule has 1 fully saturated rings. The number of hydrogen-bond donors (Lipinski definition) is 1. The summed E-state index contributed by atoms with van der Waals surface area (Å²) < 4.78 is 5.77. The molecule has 21 heavy (non-hydrogen) atoms. The van der Waals surface area contributed by atoms with Crippen LogP contribution in [-0.2, 0) is 11.3 Å². The molecule has 1 aromatic heterocycles. The van der Waals surface area contributed by atoms with Gasteiger partial charge in [-0.15, -0.1) is 0 Å². The number of aryl methyl sites for hydroxylation is 2. The number of aromatic nitrogens is 1. The Morgan fingerprint density at radius 2 is 2.24 bits per heavy atom. The number of nitrogens with one attached hydrogen (secondary N) is 1. The van der Waals surface area contributed by atoms with Crippen molar-refractivity contribution in [2.45, 2.75) is 53.2 Å². The van der Waals surface area contributed by atoms with Gasteiger partial charge in [0.2, 0.25) is 0 Å². The largest absolute Gasteiger partial charge is 0.377 e. The highest BCUT2D eigenvalue weighted by molar-refractivity contribution is 5.52. The standard InChI is InChI=1S/C17H29N3O/c1-5-7-18-11-16-13(2)10-14(3)19-17(16)20-8-6-9-21-15(4)12-20/h10,15,18H,5-9,11-12H2,1-4H3. The Morgan fingerprint density at radius 1 is 1.43 bits per heavy atom. The molecule has 0 spiro atoms. The van der Waals surface area contributed by atoms with Crippen molar-refractivity contribution in [2.24, 2.45) is 0 Å². The first-order valence-corrected chi connectivity index (χ1v) is 8.16. The predicted octanol–water partition coefficient (Wildman–Crippen LogP) is 2.81. The first kappa shape index (κ1) is 16.2. The molecule has 1 unspecified atom stereocenters. The zero-order chi connectivity index (χ0) is 15.2. The van der Waals surface area contributed by atoms with Gasteiger partial charge in [0, 0.05) is 37.5 Å². The van der Waals surface area contributed by atoms with Crippen LogP contribution in [0.5, 0.6) is 0 Å². The van der Waals surface area contributed by atoms with Gasteiger partial charge in [-0.05, 0) is 51.8 Å². The number of nitrogens with zero attached hydrogens (tertiary/aromatic N) is 2. The van der Waals surface area contributed by atoms with E-state index in [1.807, 2.05) is 0 Å². The molecule has 1 aliphatic heterocycles. The van der Waals surface area contributed by atoms with Crippen LogP contribution >= 0.6 is 0 Å². The van der Waals surface area contributed by atoms with Crippen molar-refractivity contribution in [3.8, 4) is 0 Å². The van der Waals surface area contributed by atoms with Crippen molar-refractivity contribution < 1.29 is 4.74 Å². The monoisotopic (exact) mass is 291 g/mol. The molecule has 1 atom stereocenters. The van der Waals surface area contributed by atoms with Crippen LogP contribution in [0.1, 0.15) is 43.5 Å². The second-order valence-corrected chi connectivity index (χ2v) is 6.04. The van der Waals surface area contributed by atoms with Gasteiger partial charge in [-0.2, -0.15) is 0 Å². The molecule has 1 aliphatic rings. The van der Waals surface area contributed by atoms with Gasteiger partial charge in [0.25, 0.3) is 0 Å². The first-order valence-electron chi connectivity index (χ1n) is 8.16. The smallest absolute Gasteiger partial charge is 0.133 e. The lowest BCUT2D eigenvalue weighted by atomic mass is 10.1. The minimum atomic E-state index is 0.270. The van der Waals surface area contributed by atoms with Crippen LogP contribution in [0.2, 0.25) is 0 Å². The average molecular weight is 291 g/mol. The van der Waals surface area contributed by atoms with E-state index in [1.54, 1.807) is 0 Å². The molecule has 0 radical (unpaired) electrons. The number of ether oxygens (including phenoxy) is 1. The molecule has 0 aliphatic carbocycles. The molecule has 0 amide bonds. The van der Waals surface area contributed by atoms with Gasteiger partial charge in [0.1, 0.15) is 5.82 Å². The zero-order valence-electron chi connectivity index (χ0n) is 13.9. The molecule has 4 nitrogen and oxygen atoms in total. The van der Waals surface area contributed by atoms with Crippen LogP contribution < -0.4 is 10.2 Å². The summed E-state index contributed by atoms with van der Waals surface area (Å²) in [4.78, 5) is 7.25. The van der Waals surface area contributed by atoms with Crippen LogP contribution in [0.15, 0.2) is 6.07 Å². The summed E-state index contributed by atoms with van der Waals surface area (Å²) in [5.41, 5.74) is 3.77. The van der Waals surface area contributed by atoms with Crippen molar-refractivity contribution in [3.05, 3.63) is 22.9 Å². The second-order valence-electron chi connectivity index (χ2n) is 6.04. The molecule has 1 saturated heterocycles.